The molecule has 0 atom stereocenters. The van der Waals surface area contributed by atoms with E-state index < -0.39 is 0 Å². The van der Waals surface area contributed by atoms with Crippen LogP contribution in [0.2, 0.25) is 0 Å². The van der Waals surface area contributed by atoms with Crippen molar-refractivity contribution in [3.8, 4) is 10.4 Å². The Kier molecular flexibility index (Phi) is 17.6. The standard InChI is InChI=1S/C22H27NS.C19H26BrN.C19H27N.C18H24BrN/c1-15-7-19(21-3-2-6-24-21)4-5-20(15)14-23-22-11-16-8-17(12-22)10-18(9-16)13-22;1-2-16-8-18(20)4-3-17(16)12-21-19-9-13-5-14(10-19)7-15(6-13)11-19;1-13-3-4-18(14(2)5-13)12-20-19-9-15-6-16(10-19)8-17(7-15)11-19;1-12-4-17(19)3-2-16(12)11-20-18-8-13-5-14(9-18)7-15(6-13)10-18/h2-7,16-18,23H,8-14H2,1H3;3-4,8,13-15,21H,2,5-7,9-12H2,1H3;3-5,15-17,20H,6-12H2,1-2H3;2-4,13-15,20H,5-11H2,1H3. The Morgan fingerprint density at radius 1 is 0.365 bits per heavy atom. The first-order chi connectivity index (χ1) is 41.1. The number of thiophene rings is 1. The van der Waals surface area contributed by atoms with Crippen molar-refractivity contribution in [1.82, 2.24) is 21.3 Å². The average Bonchev–Trinajstić information content (AvgIpc) is 4.17. The molecule has 0 radical (unpaired) electrons. The van der Waals surface area contributed by atoms with Crippen LogP contribution in [0.1, 0.15) is 211 Å². The van der Waals surface area contributed by atoms with E-state index in [-0.39, 0.29) is 0 Å². The van der Waals surface area contributed by atoms with Gasteiger partial charge < -0.3 is 21.3 Å². The van der Waals surface area contributed by atoms with Crippen molar-refractivity contribution in [2.45, 2.75) is 243 Å². The van der Waals surface area contributed by atoms with Crippen LogP contribution < -0.4 is 21.3 Å². The van der Waals surface area contributed by atoms with Gasteiger partial charge in [0, 0.05) is 62.2 Å². The molecular weight excluding hydrogens is 1180 g/mol. The van der Waals surface area contributed by atoms with Crippen LogP contribution >= 0.6 is 43.2 Å². The first kappa shape index (κ1) is 60.0. The molecule has 4 aromatic carbocycles. The Hall–Kier alpha value is -2.62. The largest absolute Gasteiger partial charge is 0.307 e. The average molecular weight is 1290 g/mol. The molecule has 16 saturated carbocycles. The third kappa shape index (κ3) is 13.6. The van der Waals surface area contributed by atoms with Gasteiger partial charge in [0.1, 0.15) is 0 Å². The zero-order valence-corrected chi connectivity index (χ0v) is 56.7. The molecule has 4 N–H and O–H groups in total. The van der Waals surface area contributed by atoms with Gasteiger partial charge in [0.15, 0.2) is 0 Å². The minimum Gasteiger partial charge on any atom is -0.307 e. The number of aryl methyl sites for hydroxylation is 5. The van der Waals surface area contributed by atoms with Crippen molar-refractivity contribution >= 4 is 43.2 Å². The molecule has 456 valence electrons. The first-order valence-corrected chi connectivity index (χ1v) is 37.3. The van der Waals surface area contributed by atoms with E-state index >= 15 is 0 Å². The molecule has 0 amide bonds. The van der Waals surface area contributed by atoms with E-state index in [0.717, 1.165) is 104 Å². The molecule has 16 bridgehead atoms. The lowest BCUT2D eigenvalue weighted by Gasteiger charge is -2.57. The summed E-state index contributed by atoms with van der Waals surface area (Å²) in [5.41, 5.74) is 16.3. The molecule has 0 aliphatic heterocycles. The van der Waals surface area contributed by atoms with Crippen molar-refractivity contribution in [1.29, 1.82) is 0 Å². The predicted molar refractivity (Wildman–Crippen MR) is 364 cm³/mol. The summed E-state index contributed by atoms with van der Waals surface area (Å²) in [6.45, 7) is 15.4. The van der Waals surface area contributed by atoms with Crippen LogP contribution in [0.15, 0.2) is 99.3 Å². The lowest BCUT2D eigenvalue weighted by molar-refractivity contribution is -0.0207. The summed E-state index contributed by atoms with van der Waals surface area (Å²) < 4.78 is 2.39. The van der Waals surface area contributed by atoms with Crippen LogP contribution in [0.5, 0.6) is 0 Å². The molecule has 0 saturated heterocycles. The van der Waals surface area contributed by atoms with E-state index in [1.54, 1.807) is 0 Å². The fraction of sp³-hybridized carbons (Fsp3) is 0.641. The second-order valence-corrected chi connectivity index (χ2v) is 34.9. The third-order valence-electron chi connectivity index (χ3n) is 25.3. The van der Waals surface area contributed by atoms with E-state index in [4.69, 9.17) is 0 Å². The summed E-state index contributed by atoms with van der Waals surface area (Å²) >= 11 is 8.98. The molecule has 16 aliphatic carbocycles. The maximum absolute atomic E-state index is 4.04. The molecule has 21 rings (SSSR count). The predicted octanol–water partition coefficient (Wildman–Crippen LogP) is 20.0. The number of rotatable bonds is 14. The van der Waals surface area contributed by atoms with Crippen molar-refractivity contribution in [2.24, 2.45) is 71.0 Å². The SMILES string of the molecule is CCc1cc(Br)ccc1CNC12CC3CC(CC(C3)C1)C2.Cc1cc(-c2cccs2)ccc1CNC12CC3CC(CC(C3)C1)C2.Cc1cc(Br)ccc1CNC12CC3CC(CC(C3)C1)C2.Cc1ccc(CNC23CC4CC(CC(C4)C2)C3)c(C)c1. The number of hydrogen-bond donors (Lipinski definition) is 4. The van der Waals surface area contributed by atoms with Gasteiger partial charge in [-0.05, 0) is 345 Å². The molecule has 16 aliphatic rings. The Morgan fingerprint density at radius 2 is 0.682 bits per heavy atom. The molecule has 16 fully saturated rings. The Bertz CT molecular complexity index is 2900. The van der Waals surface area contributed by atoms with Gasteiger partial charge in [-0.2, -0.15) is 0 Å². The van der Waals surface area contributed by atoms with Gasteiger partial charge in [-0.1, -0.05) is 98.9 Å². The zero-order valence-electron chi connectivity index (χ0n) is 52.8. The second-order valence-electron chi connectivity index (χ2n) is 32.1. The lowest BCUT2D eigenvalue weighted by Crippen LogP contribution is -2.58. The number of hydrogen-bond acceptors (Lipinski definition) is 5. The van der Waals surface area contributed by atoms with Crippen LogP contribution in [-0.4, -0.2) is 22.2 Å². The minimum atomic E-state index is 0.466. The zero-order chi connectivity index (χ0) is 58.1. The summed E-state index contributed by atoms with van der Waals surface area (Å²) in [5.74, 6) is 12.3. The highest BCUT2D eigenvalue weighted by Crippen LogP contribution is 2.59. The van der Waals surface area contributed by atoms with Gasteiger partial charge in [-0.3, -0.25) is 0 Å². The maximum atomic E-state index is 4.04. The molecule has 1 aromatic heterocycles. The van der Waals surface area contributed by atoms with E-state index in [1.807, 2.05) is 11.3 Å². The van der Waals surface area contributed by atoms with Gasteiger partial charge in [0.25, 0.3) is 0 Å². The lowest BCUT2D eigenvalue weighted by atomic mass is 9.53. The van der Waals surface area contributed by atoms with E-state index in [9.17, 15) is 0 Å². The maximum Gasteiger partial charge on any atom is 0.0342 e. The van der Waals surface area contributed by atoms with Crippen LogP contribution in [0.4, 0.5) is 0 Å². The third-order valence-corrected chi connectivity index (χ3v) is 27.2. The van der Waals surface area contributed by atoms with E-state index in [2.05, 4.69) is 178 Å². The molecule has 5 aromatic rings. The topological polar surface area (TPSA) is 48.1 Å². The molecule has 4 nitrogen and oxygen atoms in total. The minimum absolute atomic E-state index is 0.466. The van der Waals surface area contributed by atoms with E-state index in [0.29, 0.717) is 22.2 Å². The van der Waals surface area contributed by atoms with Crippen LogP contribution in [0.25, 0.3) is 10.4 Å². The highest BCUT2D eigenvalue weighted by molar-refractivity contribution is 9.10. The molecule has 0 spiro atoms. The van der Waals surface area contributed by atoms with Gasteiger partial charge in [-0.25, -0.2) is 0 Å². The van der Waals surface area contributed by atoms with Gasteiger partial charge >= 0.3 is 0 Å². The summed E-state index contributed by atoms with van der Waals surface area (Å²) in [6.07, 6.45) is 36.7. The second kappa shape index (κ2) is 24.9. The number of halogens is 2. The molecular formula is C78H104Br2N4S. The summed E-state index contributed by atoms with van der Waals surface area (Å²) in [6, 6.07) is 31.7. The molecule has 1 heterocycles. The summed E-state index contributed by atoms with van der Waals surface area (Å²) in [4.78, 5) is 1.37. The Labute approximate surface area is 534 Å². The fourth-order valence-corrected chi connectivity index (χ4v) is 24.5. The van der Waals surface area contributed by atoms with Gasteiger partial charge in [0.2, 0.25) is 0 Å². The first-order valence-electron chi connectivity index (χ1n) is 34.8. The Morgan fingerprint density at radius 3 is 1.01 bits per heavy atom. The van der Waals surface area contributed by atoms with Crippen LogP contribution in [0.3, 0.4) is 0 Å². The van der Waals surface area contributed by atoms with Gasteiger partial charge in [-0.15, -0.1) is 11.3 Å². The summed E-state index contributed by atoms with van der Waals surface area (Å²) in [5, 5.41) is 18.2. The van der Waals surface area contributed by atoms with Crippen molar-refractivity contribution in [2.75, 3.05) is 0 Å². The van der Waals surface area contributed by atoms with Gasteiger partial charge in [0.05, 0.1) is 0 Å². The smallest absolute Gasteiger partial charge is 0.0342 e. The normalized spacial score (nSPS) is 36.8. The van der Waals surface area contributed by atoms with E-state index in [1.165, 1.54) is 224 Å². The summed E-state index contributed by atoms with van der Waals surface area (Å²) in [7, 11) is 0. The highest BCUT2D eigenvalue weighted by atomic mass is 79.9. The molecule has 0 unspecified atom stereocenters. The van der Waals surface area contributed by atoms with Crippen molar-refractivity contribution < 1.29 is 0 Å². The van der Waals surface area contributed by atoms with Crippen LogP contribution in [0, 0.1) is 98.7 Å². The molecule has 85 heavy (non-hydrogen) atoms. The van der Waals surface area contributed by atoms with Crippen LogP contribution in [-0.2, 0) is 32.6 Å². The quantitative estimate of drug-likeness (QED) is 0.0895. The van der Waals surface area contributed by atoms with Crippen molar-refractivity contribution in [3.05, 3.63) is 149 Å². The fourth-order valence-electron chi connectivity index (χ4n) is 22.9. The number of nitrogens with one attached hydrogen (secondary N) is 4. The number of benzene rings is 4. The highest BCUT2D eigenvalue weighted by Gasteiger charge is 2.54. The monoisotopic (exact) mass is 1290 g/mol. The molecule has 7 heteroatoms. The van der Waals surface area contributed by atoms with Crippen molar-refractivity contribution in [3.63, 3.8) is 0 Å². The Balaban J connectivity index is 0.000000101.